The van der Waals surface area contributed by atoms with Crippen LogP contribution < -0.4 is 11.1 Å². The van der Waals surface area contributed by atoms with Gasteiger partial charge in [-0.05, 0) is 40.2 Å². The molecule has 92 valence electrons. The number of carbonyl (C=O) groups is 1. The van der Waals surface area contributed by atoms with E-state index in [1.165, 1.54) is 12.3 Å². The van der Waals surface area contributed by atoms with E-state index in [4.69, 9.17) is 17.3 Å². The fourth-order valence-corrected chi connectivity index (χ4v) is 1.92. The van der Waals surface area contributed by atoms with Gasteiger partial charge in [-0.25, -0.2) is 4.98 Å². The number of rotatable bonds is 2. The third kappa shape index (κ3) is 2.80. The molecule has 4 nitrogen and oxygen atoms in total. The molecular weight excluding hydrogens is 318 g/mol. The lowest BCUT2D eigenvalue weighted by Gasteiger charge is -2.08. The second-order valence-electron chi connectivity index (χ2n) is 3.52. The number of anilines is 2. The number of nitrogens with zero attached hydrogens (tertiary/aromatic N) is 1. The zero-order chi connectivity index (χ0) is 13.1. The molecule has 0 bridgehead atoms. The maximum atomic E-state index is 12.0. The molecule has 1 amide bonds. The summed E-state index contributed by atoms with van der Waals surface area (Å²) in [5, 5.41) is 3.27. The number of nitrogens with one attached hydrogen (secondary N) is 1. The van der Waals surface area contributed by atoms with Crippen molar-refractivity contribution in [3.8, 4) is 0 Å². The average molecular weight is 327 g/mol. The van der Waals surface area contributed by atoms with Crippen LogP contribution in [0.25, 0.3) is 0 Å². The average Bonchev–Trinajstić information content (AvgIpc) is 2.35. The zero-order valence-electron chi connectivity index (χ0n) is 9.15. The third-order valence-corrected chi connectivity index (χ3v) is 3.64. The molecule has 1 heterocycles. The minimum Gasteiger partial charge on any atom is -0.384 e. The Kier molecular flexibility index (Phi) is 3.84. The van der Waals surface area contributed by atoms with Crippen molar-refractivity contribution >= 4 is 44.9 Å². The number of pyridine rings is 1. The van der Waals surface area contributed by atoms with Gasteiger partial charge in [0.2, 0.25) is 0 Å². The van der Waals surface area contributed by atoms with E-state index < -0.39 is 0 Å². The SMILES string of the molecule is Nc1cc(C(=O)Nc2cccc(Cl)c2Br)ccn1. The highest BCUT2D eigenvalue weighted by atomic mass is 79.9. The number of benzene rings is 1. The molecule has 0 aliphatic carbocycles. The molecule has 1 aromatic carbocycles. The van der Waals surface area contributed by atoms with Gasteiger partial charge in [0.25, 0.3) is 5.91 Å². The second kappa shape index (κ2) is 5.37. The summed E-state index contributed by atoms with van der Waals surface area (Å²) in [6.07, 6.45) is 1.48. The normalized spacial score (nSPS) is 10.1. The summed E-state index contributed by atoms with van der Waals surface area (Å²) in [6, 6.07) is 8.33. The van der Waals surface area contributed by atoms with Crippen molar-refractivity contribution in [2.75, 3.05) is 11.1 Å². The number of hydrogen-bond acceptors (Lipinski definition) is 3. The van der Waals surface area contributed by atoms with Gasteiger partial charge in [0.15, 0.2) is 0 Å². The maximum Gasteiger partial charge on any atom is 0.255 e. The summed E-state index contributed by atoms with van der Waals surface area (Å²) in [4.78, 5) is 15.8. The first-order valence-electron chi connectivity index (χ1n) is 5.05. The minimum atomic E-state index is -0.271. The smallest absolute Gasteiger partial charge is 0.255 e. The lowest BCUT2D eigenvalue weighted by atomic mass is 10.2. The Bertz CT molecular complexity index is 604. The van der Waals surface area contributed by atoms with E-state index in [0.29, 0.717) is 26.6 Å². The van der Waals surface area contributed by atoms with Crippen LogP contribution in [-0.4, -0.2) is 10.9 Å². The molecule has 0 unspecified atom stereocenters. The zero-order valence-corrected chi connectivity index (χ0v) is 11.5. The molecule has 0 saturated carbocycles. The lowest BCUT2D eigenvalue weighted by molar-refractivity contribution is 0.102. The van der Waals surface area contributed by atoms with Gasteiger partial charge < -0.3 is 11.1 Å². The molecule has 3 N–H and O–H groups in total. The van der Waals surface area contributed by atoms with E-state index in [1.807, 2.05) is 0 Å². The Morgan fingerprint density at radius 1 is 1.39 bits per heavy atom. The highest BCUT2D eigenvalue weighted by molar-refractivity contribution is 9.10. The van der Waals surface area contributed by atoms with E-state index in [9.17, 15) is 4.79 Å². The van der Waals surface area contributed by atoms with Crippen LogP contribution in [0.2, 0.25) is 5.02 Å². The van der Waals surface area contributed by atoms with E-state index in [2.05, 4.69) is 26.2 Å². The van der Waals surface area contributed by atoms with Crippen LogP contribution in [-0.2, 0) is 0 Å². The summed E-state index contributed by atoms with van der Waals surface area (Å²) in [5.41, 5.74) is 6.56. The van der Waals surface area contributed by atoms with Gasteiger partial charge in [-0.15, -0.1) is 0 Å². The Labute approximate surface area is 117 Å². The van der Waals surface area contributed by atoms with Crippen LogP contribution in [0, 0.1) is 0 Å². The predicted octanol–water partition coefficient (Wildman–Crippen LogP) is 3.33. The van der Waals surface area contributed by atoms with E-state index in [1.54, 1.807) is 24.3 Å². The van der Waals surface area contributed by atoms with Gasteiger partial charge in [-0.3, -0.25) is 4.79 Å². The molecule has 1 aromatic heterocycles. The van der Waals surface area contributed by atoms with Gasteiger partial charge in [0, 0.05) is 11.8 Å². The number of hydrogen-bond donors (Lipinski definition) is 2. The number of nitrogen functional groups attached to an aromatic ring is 1. The van der Waals surface area contributed by atoms with Crippen LogP contribution in [0.5, 0.6) is 0 Å². The molecule has 0 saturated heterocycles. The van der Waals surface area contributed by atoms with Gasteiger partial charge in [-0.1, -0.05) is 17.7 Å². The number of aromatic nitrogens is 1. The van der Waals surface area contributed by atoms with Crippen LogP contribution in [0.4, 0.5) is 11.5 Å². The van der Waals surface area contributed by atoms with E-state index in [0.717, 1.165) is 0 Å². The summed E-state index contributed by atoms with van der Waals surface area (Å²) in [7, 11) is 0. The quantitative estimate of drug-likeness (QED) is 0.889. The number of halogens is 2. The van der Waals surface area contributed by atoms with Crippen LogP contribution in [0.1, 0.15) is 10.4 Å². The largest absolute Gasteiger partial charge is 0.384 e. The highest BCUT2D eigenvalue weighted by Gasteiger charge is 2.10. The molecule has 0 spiro atoms. The van der Waals surface area contributed by atoms with Crippen LogP contribution in [0.15, 0.2) is 41.0 Å². The molecule has 2 aromatic rings. The first-order chi connectivity index (χ1) is 8.58. The predicted molar refractivity (Wildman–Crippen MR) is 75.8 cm³/mol. The fraction of sp³-hybridized carbons (Fsp3) is 0. The Balaban J connectivity index is 2.24. The minimum absolute atomic E-state index is 0.271. The lowest BCUT2D eigenvalue weighted by Crippen LogP contribution is -2.12. The van der Waals surface area contributed by atoms with Crippen LogP contribution >= 0.6 is 27.5 Å². The summed E-state index contributed by atoms with van der Waals surface area (Å²) >= 11 is 9.25. The highest BCUT2D eigenvalue weighted by Crippen LogP contribution is 2.30. The molecular formula is C12H9BrClN3O. The summed E-state index contributed by atoms with van der Waals surface area (Å²) in [5.74, 6) is 0.0277. The number of carbonyl (C=O) groups excluding carboxylic acids is 1. The van der Waals surface area contributed by atoms with E-state index >= 15 is 0 Å². The number of amides is 1. The molecule has 2 rings (SSSR count). The van der Waals surface area contributed by atoms with Crippen molar-refractivity contribution in [2.45, 2.75) is 0 Å². The number of nitrogens with two attached hydrogens (primary N) is 1. The second-order valence-corrected chi connectivity index (χ2v) is 4.73. The first kappa shape index (κ1) is 12.9. The van der Waals surface area contributed by atoms with Gasteiger partial charge in [0.05, 0.1) is 15.2 Å². The molecule has 6 heteroatoms. The summed E-state index contributed by atoms with van der Waals surface area (Å²) in [6.45, 7) is 0. The molecule has 0 fully saturated rings. The van der Waals surface area contributed by atoms with Crippen molar-refractivity contribution in [1.82, 2.24) is 4.98 Å². The first-order valence-corrected chi connectivity index (χ1v) is 6.22. The van der Waals surface area contributed by atoms with Crippen molar-refractivity contribution in [1.29, 1.82) is 0 Å². The Morgan fingerprint density at radius 2 is 2.17 bits per heavy atom. The Morgan fingerprint density at radius 3 is 2.89 bits per heavy atom. The van der Waals surface area contributed by atoms with Crippen molar-refractivity contribution in [2.24, 2.45) is 0 Å². The topological polar surface area (TPSA) is 68.0 Å². The molecule has 0 aliphatic heterocycles. The molecule has 0 aliphatic rings. The standard InChI is InChI=1S/C12H9BrClN3O/c13-11-8(14)2-1-3-9(11)17-12(18)7-4-5-16-10(15)6-7/h1-6H,(H2,15,16)(H,17,18). The third-order valence-electron chi connectivity index (χ3n) is 2.24. The van der Waals surface area contributed by atoms with Crippen LogP contribution in [0.3, 0.4) is 0 Å². The summed E-state index contributed by atoms with van der Waals surface area (Å²) < 4.78 is 0.641. The van der Waals surface area contributed by atoms with Crippen molar-refractivity contribution in [3.63, 3.8) is 0 Å². The molecule has 0 atom stereocenters. The van der Waals surface area contributed by atoms with Gasteiger partial charge >= 0.3 is 0 Å². The van der Waals surface area contributed by atoms with Crippen molar-refractivity contribution in [3.05, 3.63) is 51.6 Å². The van der Waals surface area contributed by atoms with Gasteiger partial charge in [-0.2, -0.15) is 0 Å². The Hall–Kier alpha value is -1.59. The monoisotopic (exact) mass is 325 g/mol. The van der Waals surface area contributed by atoms with Crippen molar-refractivity contribution < 1.29 is 4.79 Å². The van der Waals surface area contributed by atoms with Gasteiger partial charge in [0.1, 0.15) is 5.82 Å². The van der Waals surface area contributed by atoms with E-state index in [-0.39, 0.29) is 5.91 Å². The molecule has 18 heavy (non-hydrogen) atoms. The molecule has 0 radical (unpaired) electrons. The maximum absolute atomic E-state index is 12.0. The fourth-order valence-electron chi connectivity index (χ4n) is 1.38.